The molecule has 2 aliphatic rings. The molecule has 1 atom stereocenters. The summed E-state index contributed by atoms with van der Waals surface area (Å²) in [6.45, 7) is 2.84. The van der Waals surface area contributed by atoms with Crippen LogP contribution in [0.3, 0.4) is 0 Å². The van der Waals surface area contributed by atoms with Crippen LogP contribution in [0.4, 0.5) is 0 Å². The van der Waals surface area contributed by atoms with Crippen LogP contribution in [-0.2, 0) is 16.0 Å². The molecule has 134 valence electrons. The van der Waals surface area contributed by atoms with Gasteiger partial charge in [-0.1, -0.05) is 13.3 Å². The Bertz CT molecular complexity index is 698. The third-order valence-electron chi connectivity index (χ3n) is 5.20. The molecule has 0 aliphatic carbocycles. The number of hydrogen-bond donors (Lipinski definition) is 2. The second kappa shape index (κ2) is 6.78. The second-order valence-corrected chi connectivity index (χ2v) is 6.72. The van der Waals surface area contributed by atoms with Crippen LogP contribution in [0.1, 0.15) is 48.7 Å². The van der Waals surface area contributed by atoms with Gasteiger partial charge in [-0.05, 0) is 19.3 Å². The zero-order valence-corrected chi connectivity index (χ0v) is 14.2. The molecule has 2 fully saturated rings. The van der Waals surface area contributed by atoms with Crippen molar-refractivity contribution in [2.75, 3.05) is 13.1 Å². The zero-order chi connectivity index (χ0) is 18.0. The molecular weight excluding hydrogens is 324 g/mol. The van der Waals surface area contributed by atoms with Gasteiger partial charge >= 0.3 is 5.97 Å². The molecule has 3 heterocycles. The number of nitrogens with one attached hydrogen (secondary N) is 1. The minimum absolute atomic E-state index is 0.0104. The fourth-order valence-corrected chi connectivity index (χ4v) is 3.84. The Labute approximate surface area is 145 Å². The van der Waals surface area contributed by atoms with Gasteiger partial charge in [-0.15, -0.1) is 0 Å². The Kier molecular flexibility index (Phi) is 4.69. The van der Waals surface area contributed by atoms with Crippen LogP contribution in [0.5, 0.6) is 0 Å². The van der Waals surface area contributed by atoms with Crippen molar-refractivity contribution in [2.45, 2.75) is 44.6 Å². The average molecular weight is 346 g/mol. The van der Waals surface area contributed by atoms with Crippen molar-refractivity contribution in [2.24, 2.45) is 5.92 Å². The Morgan fingerprint density at radius 1 is 1.40 bits per heavy atom. The summed E-state index contributed by atoms with van der Waals surface area (Å²) in [5.41, 5.74) is 0.505. The molecule has 0 radical (unpaired) electrons. The van der Waals surface area contributed by atoms with Crippen LogP contribution in [-0.4, -0.2) is 56.4 Å². The number of hydrogen-bond acceptors (Lipinski definition) is 5. The highest BCUT2D eigenvalue weighted by molar-refractivity contribution is 5.95. The Morgan fingerprint density at radius 3 is 2.76 bits per heavy atom. The van der Waals surface area contributed by atoms with E-state index in [0.29, 0.717) is 37.9 Å². The molecule has 1 aromatic heterocycles. The van der Waals surface area contributed by atoms with E-state index in [-0.39, 0.29) is 18.2 Å². The molecule has 2 N–H and O–H groups in total. The number of carboxylic acid groups (broad SMARTS) is 1. The number of aryl methyl sites for hydroxylation is 1. The number of piperidine rings is 1. The van der Waals surface area contributed by atoms with Crippen LogP contribution in [0, 0.1) is 5.92 Å². The number of likely N-dealkylation sites (tertiary alicyclic amines) is 1. The molecule has 8 heteroatoms. The quantitative estimate of drug-likeness (QED) is 0.827. The van der Waals surface area contributed by atoms with E-state index >= 15 is 0 Å². The molecule has 0 saturated carbocycles. The smallest absolute Gasteiger partial charge is 0.309 e. The van der Waals surface area contributed by atoms with Gasteiger partial charge in [0, 0.05) is 25.7 Å². The first kappa shape index (κ1) is 17.3. The number of carbonyl (C=O) groups is 3. The van der Waals surface area contributed by atoms with E-state index in [1.54, 1.807) is 11.1 Å². The van der Waals surface area contributed by atoms with Crippen molar-refractivity contribution in [3.8, 4) is 0 Å². The fraction of sp³-hybridized carbons (Fsp3) is 0.588. The van der Waals surface area contributed by atoms with Gasteiger partial charge < -0.3 is 15.3 Å². The number of aliphatic carboxylic acids is 1. The molecule has 3 rings (SSSR count). The molecule has 25 heavy (non-hydrogen) atoms. The van der Waals surface area contributed by atoms with Gasteiger partial charge in [0.15, 0.2) is 0 Å². The monoisotopic (exact) mass is 346 g/mol. The molecule has 0 aromatic carbocycles. The van der Waals surface area contributed by atoms with Crippen molar-refractivity contribution in [1.82, 2.24) is 20.2 Å². The first-order chi connectivity index (χ1) is 12.0. The summed E-state index contributed by atoms with van der Waals surface area (Å²) in [4.78, 5) is 45.9. The van der Waals surface area contributed by atoms with E-state index in [0.717, 1.165) is 12.1 Å². The van der Waals surface area contributed by atoms with Crippen molar-refractivity contribution in [3.63, 3.8) is 0 Å². The summed E-state index contributed by atoms with van der Waals surface area (Å²) in [7, 11) is 0. The van der Waals surface area contributed by atoms with Crippen LogP contribution < -0.4 is 5.32 Å². The molecule has 0 bridgehead atoms. The lowest BCUT2D eigenvalue weighted by Gasteiger charge is -2.41. The van der Waals surface area contributed by atoms with Gasteiger partial charge in [0.2, 0.25) is 5.91 Å². The average Bonchev–Trinajstić information content (AvgIpc) is 2.92. The number of rotatable bonds is 4. The summed E-state index contributed by atoms with van der Waals surface area (Å²) in [6.07, 6.45) is 5.47. The van der Waals surface area contributed by atoms with E-state index in [2.05, 4.69) is 15.3 Å². The van der Waals surface area contributed by atoms with E-state index in [4.69, 9.17) is 0 Å². The third-order valence-corrected chi connectivity index (χ3v) is 5.20. The molecule has 1 aromatic rings. The Hall–Kier alpha value is -2.51. The van der Waals surface area contributed by atoms with Crippen LogP contribution in [0.15, 0.2) is 12.5 Å². The minimum atomic E-state index is -0.959. The van der Waals surface area contributed by atoms with Crippen LogP contribution >= 0.6 is 0 Å². The summed E-state index contributed by atoms with van der Waals surface area (Å²) in [6, 6.07) is 0. The molecule has 2 saturated heterocycles. The summed E-state index contributed by atoms with van der Waals surface area (Å²) >= 11 is 0. The predicted octanol–water partition coefficient (Wildman–Crippen LogP) is 0.625. The van der Waals surface area contributed by atoms with Gasteiger partial charge in [-0.2, -0.15) is 0 Å². The zero-order valence-electron chi connectivity index (χ0n) is 14.2. The lowest BCUT2D eigenvalue weighted by Crippen LogP contribution is -2.56. The van der Waals surface area contributed by atoms with Crippen molar-refractivity contribution in [3.05, 3.63) is 23.8 Å². The highest BCUT2D eigenvalue weighted by Crippen LogP contribution is 2.37. The first-order valence-electron chi connectivity index (χ1n) is 8.59. The van der Waals surface area contributed by atoms with Crippen LogP contribution in [0.25, 0.3) is 0 Å². The third kappa shape index (κ3) is 3.20. The standard InChI is InChI=1S/C17H22N4O4/c1-2-3-13-11(9-18-10-19-13)15(23)21-6-4-17(5-7-21)12(16(24)25)8-14(22)20-17/h9-10,12H,2-8H2,1H3,(H,20,22)(H,24,25). The Morgan fingerprint density at radius 2 is 2.12 bits per heavy atom. The Balaban J connectivity index is 1.73. The molecule has 8 nitrogen and oxygen atoms in total. The largest absolute Gasteiger partial charge is 0.481 e. The van der Waals surface area contributed by atoms with E-state index < -0.39 is 17.4 Å². The molecular formula is C17H22N4O4. The number of aromatic nitrogens is 2. The van der Waals surface area contributed by atoms with Gasteiger partial charge in [-0.25, -0.2) is 9.97 Å². The SMILES string of the molecule is CCCc1ncncc1C(=O)N1CCC2(CC1)NC(=O)CC2C(=O)O. The topological polar surface area (TPSA) is 112 Å². The molecule has 2 aliphatic heterocycles. The van der Waals surface area contributed by atoms with Crippen molar-refractivity contribution >= 4 is 17.8 Å². The number of amides is 2. The predicted molar refractivity (Wildman–Crippen MR) is 87.8 cm³/mol. The number of nitrogens with zero attached hydrogens (tertiary/aromatic N) is 3. The summed E-state index contributed by atoms with van der Waals surface area (Å²) in [5.74, 6) is -2.04. The maximum atomic E-state index is 12.8. The minimum Gasteiger partial charge on any atom is -0.481 e. The van der Waals surface area contributed by atoms with E-state index in [1.807, 2.05) is 6.92 Å². The van der Waals surface area contributed by atoms with Gasteiger partial charge in [0.25, 0.3) is 5.91 Å². The summed E-state index contributed by atoms with van der Waals surface area (Å²) < 4.78 is 0. The van der Waals surface area contributed by atoms with E-state index in [9.17, 15) is 19.5 Å². The normalized spacial score (nSPS) is 22.0. The van der Waals surface area contributed by atoms with Crippen molar-refractivity contribution < 1.29 is 19.5 Å². The summed E-state index contributed by atoms with van der Waals surface area (Å²) in [5, 5.41) is 12.3. The maximum absolute atomic E-state index is 12.8. The molecule has 1 unspecified atom stereocenters. The highest BCUT2D eigenvalue weighted by atomic mass is 16.4. The lowest BCUT2D eigenvalue weighted by molar-refractivity contribution is -0.144. The molecule has 2 amide bonds. The van der Waals surface area contributed by atoms with Crippen molar-refractivity contribution in [1.29, 1.82) is 0 Å². The number of carboxylic acids is 1. The van der Waals surface area contributed by atoms with Gasteiger partial charge in [0.05, 0.1) is 22.7 Å². The van der Waals surface area contributed by atoms with Crippen LogP contribution in [0.2, 0.25) is 0 Å². The lowest BCUT2D eigenvalue weighted by atomic mass is 9.77. The van der Waals surface area contributed by atoms with E-state index in [1.165, 1.54) is 6.33 Å². The number of carbonyl (C=O) groups excluding carboxylic acids is 2. The van der Waals surface area contributed by atoms with Gasteiger partial charge in [0.1, 0.15) is 6.33 Å². The van der Waals surface area contributed by atoms with Gasteiger partial charge in [-0.3, -0.25) is 14.4 Å². The highest BCUT2D eigenvalue weighted by Gasteiger charge is 2.52. The second-order valence-electron chi connectivity index (χ2n) is 6.72. The maximum Gasteiger partial charge on any atom is 0.309 e. The molecule has 1 spiro atoms. The first-order valence-corrected chi connectivity index (χ1v) is 8.59. The fourth-order valence-electron chi connectivity index (χ4n) is 3.84.